The summed E-state index contributed by atoms with van der Waals surface area (Å²) in [5.74, 6) is -3.56. The monoisotopic (exact) mass is 586 g/mol. The first-order valence-corrected chi connectivity index (χ1v) is 13.0. The van der Waals surface area contributed by atoms with Gasteiger partial charge < -0.3 is 38.3 Å². The van der Waals surface area contributed by atoms with Gasteiger partial charge in [-0.05, 0) is 29.8 Å². The van der Waals surface area contributed by atoms with Gasteiger partial charge in [-0.2, -0.15) is 0 Å². The van der Waals surface area contributed by atoms with Crippen molar-refractivity contribution in [1.29, 1.82) is 0 Å². The maximum Gasteiger partial charge on any atom is 0.303 e. The van der Waals surface area contributed by atoms with Gasteiger partial charge in [-0.15, -0.1) is 0 Å². The third kappa shape index (κ3) is 6.97. The number of carbonyl (C=O) groups is 5. The van der Waals surface area contributed by atoms with Crippen molar-refractivity contribution in [1.82, 2.24) is 0 Å². The fraction of sp³-hybridized carbons (Fsp3) is 0.414. The highest BCUT2D eigenvalue weighted by Crippen LogP contribution is 2.38. The molecule has 0 amide bonds. The van der Waals surface area contributed by atoms with E-state index in [0.717, 1.165) is 20.8 Å². The Morgan fingerprint density at radius 1 is 0.833 bits per heavy atom. The van der Waals surface area contributed by atoms with Crippen LogP contribution < -0.4 is 9.47 Å². The number of Topliss-reactive ketones (excluding diaryl/α,β-unsaturated/α-hetero) is 1. The van der Waals surface area contributed by atoms with Gasteiger partial charge in [0, 0.05) is 27.7 Å². The number of phenols is 1. The summed E-state index contributed by atoms with van der Waals surface area (Å²) in [6.45, 7) is 4.22. The number of carbonyl (C=O) groups excluding carboxylic acids is 5. The van der Waals surface area contributed by atoms with E-state index >= 15 is 0 Å². The molecule has 2 aliphatic heterocycles. The minimum absolute atomic E-state index is 0.0647. The number of aromatic hydroxyl groups is 1. The summed E-state index contributed by atoms with van der Waals surface area (Å²) in [6.07, 6.45) is -6.65. The fourth-order valence-electron chi connectivity index (χ4n) is 4.75. The smallest absolute Gasteiger partial charge is 0.303 e. The van der Waals surface area contributed by atoms with Crippen molar-refractivity contribution in [2.45, 2.75) is 64.3 Å². The largest absolute Gasteiger partial charge is 0.507 e. The van der Waals surface area contributed by atoms with Crippen LogP contribution in [-0.4, -0.2) is 78.7 Å². The first-order valence-electron chi connectivity index (χ1n) is 13.0. The molecular weight excluding hydrogens is 556 g/mol. The Hall–Kier alpha value is -4.65. The van der Waals surface area contributed by atoms with Gasteiger partial charge in [0.15, 0.2) is 18.0 Å². The van der Waals surface area contributed by atoms with Gasteiger partial charge in [0.1, 0.15) is 42.1 Å². The summed E-state index contributed by atoms with van der Waals surface area (Å²) in [4.78, 5) is 60.5. The number of hydrogen-bond donors (Lipinski definition) is 1. The Kier molecular flexibility index (Phi) is 9.31. The molecule has 0 bridgehead atoms. The zero-order chi connectivity index (χ0) is 30.6. The van der Waals surface area contributed by atoms with Crippen LogP contribution in [-0.2, 0) is 42.9 Å². The molecule has 2 heterocycles. The number of phenolic OH excluding ortho intramolecular Hbond substituents is 1. The molecule has 0 saturated carbocycles. The molecule has 1 unspecified atom stereocenters. The molecule has 1 saturated heterocycles. The lowest BCUT2D eigenvalue weighted by Crippen LogP contribution is -2.63. The molecule has 0 radical (unpaired) electrons. The normalized spacial score (nSPS) is 24.8. The first kappa shape index (κ1) is 30.3. The Labute approximate surface area is 240 Å². The van der Waals surface area contributed by atoms with Gasteiger partial charge in [-0.3, -0.25) is 24.0 Å². The average molecular weight is 587 g/mol. The molecular formula is C29H30O13. The topological polar surface area (TPSA) is 170 Å². The van der Waals surface area contributed by atoms with Crippen LogP contribution in [0.2, 0.25) is 0 Å². The second-order valence-corrected chi connectivity index (χ2v) is 9.63. The number of rotatable bonds is 8. The molecule has 13 heteroatoms. The van der Waals surface area contributed by atoms with Crippen LogP contribution in [0.3, 0.4) is 0 Å². The van der Waals surface area contributed by atoms with E-state index in [1.54, 1.807) is 24.3 Å². The lowest BCUT2D eigenvalue weighted by molar-refractivity contribution is -0.288. The van der Waals surface area contributed by atoms with Gasteiger partial charge in [0.25, 0.3) is 0 Å². The fourth-order valence-corrected chi connectivity index (χ4v) is 4.75. The average Bonchev–Trinajstić information content (AvgIpc) is 2.91. The number of esters is 4. The molecule has 4 rings (SSSR count). The van der Waals surface area contributed by atoms with Crippen LogP contribution in [0.4, 0.5) is 0 Å². The zero-order valence-electron chi connectivity index (χ0n) is 23.3. The van der Waals surface area contributed by atoms with Gasteiger partial charge in [-0.1, -0.05) is 18.2 Å². The van der Waals surface area contributed by atoms with Crippen molar-refractivity contribution < 1.29 is 62.2 Å². The number of fused-ring (bicyclic) bond motifs is 1. The van der Waals surface area contributed by atoms with Crippen molar-refractivity contribution in [2.24, 2.45) is 0 Å². The summed E-state index contributed by atoms with van der Waals surface area (Å²) in [6, 6.07) is 10.9. The molecule has 1 N–H and O–H groups in total. The second-order valence-electron chi connectivity index (χ2n) is 9.63. The standard InChI is InChI=1S/C29H30O13/c1-14(30)36-13-23-26(38-15(2)31)27(39-16(3)32)28(40-17(4)33)29(42-23)41-19-10-8-18(9-11-19)20-12-37-22-7-5-6-21(34)24(22)25(20)35/h5-11,20,23,26-29,34H,12-13H2,1-4H3/t20?,23-,26-,27+,28-,29-/m1/s1. The molecule has 6 atom stereocenters. The minimum atomic E-state index is -1.40. The SMILES string of the molecule is CC(=O)OC[C@H]1O[C@@H](Oc2ccc(C3COc4cccc(O)c4C3=O)cc2)[C@H](OC(C)=O)[C@@H](OC(C)=O)[C@@H]1OC(C)=O. The summed E-state index contributed by atoms with van der Waals surface area (Å²) in [5.41, 5.74) is 0.689. The number of hydrogen-bond acceptors (Lipinski definition) is 13. The quantitative estimate of drug-likeness (QED) is 0.353. The molecule has 2 aliphatic rings. The number of benzene rings is 2. The maximum absolute atomic E-state index is 13.1. The Morgan fingerprint density at radius 2 is 1.45 bits per heavy atom. The van der Waals surface area contributed by atoms with Crippen molar-refractivity contribution in [2.75, 3.05) is 13.2 Å². The summed E-state index contributed by atoms with van der Waals surface area (Å²) in [5, 5.41) is 10.2. The Balaban J connectivity index is 1.60. The van der Waals surface area contributed by atoms with E-state index in [2.05, 4.69) is 0 Å². The van der Waals surface area contributed by atoms with E-state index in [1.807, 2.05) is 0 Å². The summed E-state index contributed by atoms with van der Waals surface area (Å²) < 4.78 is 38.8. The number of ketones is 1. The molecule has 0 aliphatic carbocycles. The molecule has 42 heavy (non-hydrogen) atoms. The summed E-state index contributed by atoms with van der Waals surface area (Å²) >= 11 is 0. The van der Waals surface area contributed by atoms with E-state index < -0.39 is 67.1 Å². The van der Waals surface area contributed by atoms with Crippen molar-refractivity contribution in [3.63, 3.8) is 0 Å². The van der Waals surface area contributed by atoms with Gasteiger partial charge in [0.05, 0.1) is 5.92 Å². The second kappa shape index (κ2) is 12.9. The summed E-state index contributed by atoms with van der Waals surface area (Å²) in [7, 11) is 0. The molecule has 13 nitrogen and oxygen atoms in total. The predicted molar refractivity (Wildman–Crippen MR) is 140 cm³/mol. The highest BCUT2D eigenvalue weighted by molar-refractivity contribution is 6.06. The third-order valence-electron chi connectivity index (χ3n) is 6.46. The lowest BCUT2D eigenvalue weighted by Gasteiger charge is -2.43. The third-order valence-corrected chi connectivity index (χ3v) is 6.46. The van der Waals surface area contributed by atoms with Crippen molar-refractivity contribution in [3.8, 4) is 17.2 Å². The first-order chi connectivity index (χ1) is 19.9. The van der Waals surface area contributed by atoms with E-state index in [0.29, 0.717) is 11.3 Å². The van der Waals surface area contributed by atoms with Gasteiger partial charge >= 0.3 is 23.9 Å². The van der Waals surface area contributed by atoms with Crippen molar-refractivity contribution in [3.05, 3.63) is 53.6 Å². The van der Waals surface area contributed by atoms with Crippen LogP contribution in [0.15, 0.2) is 42.5 Å². The van der Waals surface area contributed by atoms with Crippen LogP contribution >= 0.6 is 0 Å². The van der Waals surface area contributed by atoms with Crippen molar-refractivity contribution >= 4 is 29.7 Å². The van der Waals surface area contributed by atoms with Crippen LogP contribution in [0.1, 0.15) is 49.5 Å². The lowest BCUT2D eigenvalue weighted by atomic mass is 9.88. The van der Waals surface area contributed by atoms with E-state index in [-0.39, 0.29) is 29.5 Å². The maximum atomic E-state index is 13.1. The van der Waals surface area contributed by atoms with Crippen LogP contribution in [0, 0.1) is 0 Å². The minimum Gasteiger partial charge on any atom is -0.507 e. The van der Waals surface area contributed by atoms with Crippen LogP contribution in [0.5, 0.6) is 17.2 Å². The van der Waals surface area contributed by atoms with E-state index in [1.165, 1.54) is 25.1 Å². The zero-order valence-corrected chi connectivity index (χ0v) is 23.3. The Bertz CT molecular complexity index is 1350. The highest BCUT2D eigenvalue weighted by atomic mass is 16.7. The predicted octanol–water partition coefficient (Wildman–Crippen LogP) is 2.21. The molecule has 224 valence electrons. The highest BCUT2D eigenvalue weighted by Gasteiger charge is 2.53. The van der Waals surface area contributed by atoms with E-state index in [9.17, 15) is 29.1 Å². The number of ether oxygens (including phenoxy) is 7. The van der Waals surface area contributed by atoms with Gasteiger partial charge in [0.2, 0.25) is 12.4 Å². The molecule has 2 aromatic carbocycles. The molecule has 1 fully saturated rings. The molecule has 0 aromatic heterocycles. The molecule has 0 spiro atoms. The molecule has 2 aromatic rings. The van der Waals surface area contributed by atoms with E-state index in [4.69, 9.17) is 33.2 Å². The van der Waals surface area contributed by atoms with Crippen LogP contribution in [0.25, 0.3) is 0 Å². The Morgan fingerprint density at radius 3 is 2.07 bits per heavy atom. The van der Waals surface area contributed by atoms with Gasteiger partial charge in [-0.25, -0.2) is 0 Å².